The number of anilines is 1. The highest BCUT2D eigenvalue weighted by Gasteiger charge is 2.28. The normalized spacial score (nSPS) is 13.3. The Bertz CT molecular complexity index is 431. The zero-order valence-corrected chi connectivity index (χ0v) is 11.3. The minimum Gasteiger partial charge on any atom is -0.319 e. The van der Waals surface area contributed by atoms with Gasteiger partial charge in [0.15, 0.2) is 11.0 Å². The minimum atomic E-state index is -0.674. The van der Waals surface area contributed by atoms with Crippen LogP contribution in [0.15, 0.2) is 6.33 Å². The van der Waals surface area contributed by atoms with Crippen LogP contribution in [0.5, 0.6) is 0 Å². The molecule has 1 amide bonds. The van der Waals surface area contributed by atoms with Crippen LogP contribution in [0.3, 0.4) is 0 Å². The lowest BCUT2D eigenvalue weighted by Crippen LogP contribution is -2.45. The van der Waals surface area contributed by atoms with E-state index in [0.717, 1.165) is 0 Å². The van der Waals surface area contributed by atoms with Crippen LogP contribution in [0, 0.1) is 5.41 Å². The number of amides is 1. The summed E-state index contributed by atoms with van der Waals surface area (Å²) in [6.07, 6.45) is 1.21. The number of carbonyl (C=O) groups excluding carboxylic acids is 1. The lowest BCUT2D eigenvalue weighted by Gasteiger charge is -2.25. The molecular weight excluding hydrogens is 263 g/mol. The first-order chi connectivity index (χ1) is 7.73. The second-order valence-electron chi connectivity index (χ2n) is 4.66. The van der Waals surface area contributed by atoms with E-state index < -0.39 is 6.04 Å². The largest absolute Gasteiger partial charge is 0.319 e. The average Bonchev–Trinajstić information content (AvgIpc) is 2.22. The predicted octanol–water partition coefficient (Wildman–Crippen LogP) is 2.10. The van der Waals surface area contributed by atoms with E-state index in [2.05, 4.69) is 15.3 Å². The molecule has 1 aromatic heterocycles. The quantitative estimate of drug-likeness (QED) is 0.811. The van der Waals surface area contributed by atoms with Gasteiger partial charge in [-0.25, -0.2) is 9.97 Å². The summed E-state index contributed by atoms with van der Waals surface area (Å²) in [4.78, 5) is 19.3. The molecule has 3 N–H and O–H groups in total. The molecule has 1 rings (SSSR count). The molecule has 17 heavy (non-hydrogen) atoms. The van der Waals surface area contributed by atoms with Gasteiger partial charge in [0.25, 0.3) is 0 Å². The Kier molecular flexibility index (Phi) is 4.30. The number of halogens is 2. The fourth-order valence-electron chi connectivity index (χ4n) is 1.02. The number of aromatic nitrogens is 2. The van der Waals surface area contributed by atoms with Crippen molar-refractivity contribution >= 4 is 34.9 Å². The zero-order chi connectivity index (χ0) is 13.2. The summed E-state index contributed by atoms with van der Waals surface area (Å²) in [6.45, 7) is 5.60. The van der Waals surface area contributed by atoms with E-state index >= 15 is 0 Å². The first-order valence-electron chi connectivity index (χ1n) is 4.96. The zero-order valence-electron chi connectivity index (χ0n) is 9.79. The second-order valence-corrected chi connectivity index (χ2v) is 5.40. The molecule has 7 heteroatoms. The molecule has 1 heterocycles. The van der Waals surface area contributed by atoms with Crippen molar-refractivity contribution in [2.24, 2.45) is 11.1 Å². The smallest absolute Gasteiger partial charge is 0.243 e. The van der Waals surface area contributed by atoms with E-state index in [0.29, 0.717) is 0 Å². The van der Waals surface area contributed by atoms with Gasteiger partial charge in [0, 0.05) is 0 Å². The van der Waals surface area contributed by atoms with E-state index in [-0.39, 0.29) is 27.3 Å². The summed E-state index contributed by atoms with van der Waals surface area (Å²) in [5.41, 5.74) is 5.44. The number of rotatable bonds is 2. The van der Waals surface area contributed by atoms with Crippen molar-refractivity contribution in [3.05, 3.63) is 16.5 Å². The molecule has 5 nitrogen and oxygen atoms in total. The molecule has 0 aliphatic heterocycles. The van der Waals surface area contributed by atoms with Gasteiger partial charge in [0.05, 0.1) is 6.04 Å². The molecule has 0 aliphatic carbocycles. The summed E-state index contributed by atoms with van der Waals surface area (Å²) in [7, 11) is 0. The van der Waals surface area contributed by atoms with Crippen LogP contribution >= 0.6 is 23.2 Å². The molecule has 0 aromatic carbocycles. The molecular formula is C10H14Cl2N4O. The standard InChI is InChI=1S/C10H14Cl2N4O/c1-10(2,3)6(13)9(17)16-8-5(11)7(12)14-4-15-8/h4,6H,13H2,1-3H3,(H,14,15,16,17)/t6-/m0/s1. The number of nitrogens with one attached hydrogen (secondary N) is 1. The molecule has 0 unspecified atom stereocenters. The Labute approximate surface area is 110 Å². The fraction of sp³-hybridized carbons (Fsp3) is 0.500. The lowest BCUT2D eigenvalue weighted by molar-refractivity contribution is -0.119. The molecule has 94 valence electrons. The van der Waals surface area contributed by atoms with Crippen LogP contribution in [0.4, 0.5) is 5.82 Å². The minimum absolute atomic E-state index is 0.0845. The summed E-state index contributed by atoms with van der Waals surface area (Å²) in [5, 5.41) is 2.71. The Balaban J connectivity index is 2.86. The SMILES string of the molecule is CC(C)(C)[C@@H](N)C(=O)Nc1ncnc(Cl)c1Cl. The number of nitrogens with two attached hydrogens (primary N) is 1. The molecule has 0 bridgehead atoms. The molecule has 0 saturated heterocycles. The van der Waals surface area contributed by atoms with Gasteiger partial charge in [-0.2, -0.15) is 0 Å². The molecule has 0 saturated carbocycles. The maximum Gasteiger partial charge on any atom is 0.243 e. The Morgan fingerprint density at radius 3 is 2.53 bits per heavy atom. The van der Waals surface area contributed by atoms with Crippen LogP contribution < -0.4 is 11.1 Å². The summed E-state index contributed by atoms with van der Waals surface area (Å²) < 4.78 is 0. The summed E-state index contributed by atoms with van der Waals surface area (Å²) in [5.74, 6) is -0.203. The van der Waals surface area contributed by atoms with Crippen LogP contribution in [-0.4, -0.2) is 21.9 Å². The van der Waals surface area contributed by atoms with E-state index in [9.17, 15) is 4.79 Å². The number of hydrogen-bond donors (Lipinski definition) is 2. The Morgan fingerprint density at radius 2 is 2.00 bits per heavy atom. The van der Waals surface area contributed by atoms with Gasteiger partial charge in [-0.15, -0.1) is 0 Å². The first kappa shape index (κ1) is 14.2. The van der Waals surface area contributed by atoms with Crippen LogP contribution in [0.2, 0.25) is 10.2 Å². The van der Waals surface area contributed by atoms with Crippen molar-refractivity contribution in [1.29, 1.82) is 0 Å². The predicted molar refractivity (Wildman–Crippen MR) is 68.1 cm³/mol. The van der Waals surface area contributed by atoms with E-state index in [1.54, 1.807) is 0 Å². The summed E-state index contributed by atoms with van der Waals surface area (Å²) >= 11 is 11.5. The third kappa shape index (κ3) is 3.52. The van der Waals surface area contributed by atoms with Gasteiger partial charge >= 0.3 is 0 Å². The molecule has 1 atom stereocenters. The third-order valence-corrected chi connectivity index (χ3v) is 2.95. The summed E-state index contributed by atoms with van der Waals surface area (Å²) in [6, 6.07) is -0.674. The average molecular weight is 277 g/mol. The fourth-order valence-corrected chi connectivity index (χ4v) is 1.30. The molecule has 0 spiro atoms. The lowest BCUT2D eigenvalue weighted by atomic mass is 9.87. The highest BCUT2D eigenvalue weighted by atomic mass is 35.5. The van der Waals surface area contributed by atoms with Crippen LogP contribution in [0.25, 0.3) is 0 Å². The van der Waals surface area contributed by atoms with Crippen molar-refractivity contribution < 1.29 is 4.79 Å². The van der Waals surface area contributed by atoms with Gasteiger partial charge in [-0.1, -0.05) is 44.0 Å². The Hall–Kier alpha value is -0.910. The van der Waals surface area contributed by atoms with E-state index in [1.807, 2.05) is 20.8 Å². The van der Waals surface area contributed by atoms with Crippen molar-refractivity contribution in [3.8, 4) is 0 Å². The second kappa shape index (κ2) is 5.16. The van der Waals surface area contributed by atoms with Gasteiger partial charge in [0.1, 0.15) is 11.3 Å². The number of carbonyl (C=O) groups is 1. The van der Waals surface area contributed by atoms with Gasteiger partial charge in [-0.05, 0) is 5.41 Å². The van der Waals surface area contributed by atoms with Crippen LogP contribution in [-0.2, 0) is 4.79 Å². The first-order valence-corrected chi connectivity index (χ1v) is 5.71. The van der Waals surface area contributed by atoms with Crippen molar-refractivity contribution in [2.75, 3.05) is 5.32 Å². The van der Waals surface area contributed by atoms with Crippen molar-refractivity contribution in [2.45, 2.75) is 26.8 Å². The van der Waals surface area contributed by atoms with Crippen molar-refractivity contribution in [1.82, 2.24) is 9.97 Å². The van der Waals surface area contributed by atoms with Crippen molar-refractivity contribution in [3.63, 3.8) is 0 Å². The topological polar surface area (TPSA) is 80.9 Å². The van der Waals surface area contributed by atoms with E-state index in [4.69, 9.17) is 28.9 Å². The van der Waals surface area contributed by atoms with Gasteiger partial charge in [-0.3, -0.25) is 4.79 Å². The number of nitrogens with zero attached hydrogens (tertiary/aromatic N) is 2. The maximum absolute atomic E-state index is 11.8. The molecule has 0 fully saturated rings. The highest BCUT2D eigenvalue weighted by molar-refractivity contribution is 6.42. The third-order valence-electron chi connectivity index (χ3n) is 2.20. The highest BCUT2D eigenvalue weighted by Crippen LogP contribution is 2.26. The van der Waals surface area contributed by atoms with E-state index in [1.165, 1.54) is 6.33 Å². The maximum atomic E-state index is 11.8. The Morgan fingerprint density at radius 1 is 1.41 bits per heavy atom. The number of hydrogen-bond acceptors (Lipinski definition) is 4. The van der Waals surface area contributed by atoms with Gasteiger partial charge < -0.3 is 11.1 Å². The monoisotopic (exact) mass is 276 g/mol. The molecule has 1 aromatic rings. The van der Waals surface area contributed by atoms with Gasteiger partial charge in [0.2, 0.25) is 5.91 Å². The molecule has 0 aliphatic rings. The van der Waals surface area contributed by atoms with Crippen LogP contribution in [0.1, 0.15) is 20.8 Å². The molecule has 0 radical (unpaired) electrons.